The van der Waals surface area contributed by atoms with Gasteiger partial charge in [0.05, 0.1) is 11.0 Å². The highest BCUT2D eigenvalue weighted by atomic mass is 16.3. The van der Waals surface area contributed by atoms with Crippen LogP contribution in [0.3, 0.4) is 0 Å². The number of rotatable bonds is 5. The molecule has 0 saturated carbocycles. The maximum Gasteiger partial charge on any atom is 0.0509 e. The highest BCUT2D eigenvalue weighted by molar-refractivity contribution is 5.97. The van der Waals surface area contributed by atoms with Crippen molar-refractivity contribution in [3.05, 3.63) is 57.9 Å². The van der Waals surface area contributed by atoms with Gasteiger partial charge >= 0.3 is 0 Å². The zero-order valence-electron chi connectivity index (χ0n) is 18.9. The Morgan fingerprint density at radius 3 is 1.55 bits per heavy atom. The number of aromatic amines is 2. The molecule has 0 aliphatic rings. The molecule has 31 heavy (non-hydrogen) atoms. The Morgan fingerprint density at radius 2 is 1.13 bits per heavy atom. The number of fused-ring (bicyclic) bond motifs is 2. The van der Waals surface area contributed by atoms with Crippen molar-refractivity contribution in [2.75, 3.05) is 24.7 Å². The number of aromatic nitrogens is 2. The van der Waals surface area contributed by atoms with Gasteiger partial charge in [0.1, 0.15) is 0 Å². The smallest absolute Gasteiger partial charge is 0.0509 e. The molecular weight excluding hydrogens is 388 g/mol. The van der Waals surface area contributed by atoms with Gasteiger partial charge in [0, 0.05) is 46.7 Å². The Balaban J connectivity index is 0.000000176. The number of hydrogen-bond donors (Lipinski definition) is 6. The van der Waals surface area contributed by atoms with E-state index in [1.54, 1.807) is 0 Å². The van der Waals surface area contributed by atoms with E-state index >= 15 is 0 Å². The molecule has 0 bridgehead atoms. The Kier molecular flexibility index (Phi) is 6.93. The van der Waals surface area contributed by atoms with Crippen molar-refractivity contribution in [3.8, 4) is 0 Å². The van der Waals surface area contributed by atoms with E-state index in [1.165, 1.54) is 16.7 Å². The molecule has 0 fully saturated rings. The molecule has 0 radical (unpaired) electrons. The number of aryl methyl sites for hydroxylation is 5. The fraction of sp³-hybridized carbons (Fsp3) is 0.360. The molecule has 4 aromatic rings. The highest BCUT2D eigenvalue weighted by Crippen LogP contribution is 2.31. The van der Waals surface area contributed by atoms with Crippen LogP contribution in [0.15, 0.2) is 24.3 Å². The third-order valence-corrected chi connectivity index (χ3v) is 5.97. The molecule has 0 saturated heterocycles. The van der Waals surface area contributed by atoms with Gasteiger partial charge < -0.3 is 31.6 Å². The second-order valence-electron chi connectivity index (χ2n) is 8.20. The number of nitrogens with one attached hydrogen (secondary N) is 2. The summed E-state index contributed by atoms with van der Waals surface area (Å²) >= 11 is 0. The number of H-pyrrole nitrogens is 2. The number of aliphatic hydroxyl groups is 2. The van der Waals surface area contributed by atoms with E-state index in [-0.39, 0.29) is 13.2 Å². The average molecular weight is 423 g/mol. The number of anilines is 2. The molecule has 4 rings (SSSR count). The summed E-state index contributed by atoms with van der Waals surface area (Å²) in [4.78, 5) is 6.71. The van der Waals surface area contributed by atoms with Crippen molar-refractivity contribution >= 4 is 33.2 Å². The van der Waals surface area contributed by atoms with Crippen LogP contribution in [0.1, 0.15) is 40.1 Å². The van der Waals surface area contributed by atoms with E-state index < -0.39 is 0 Å². The third kappa shape index (κ3) is 4.40. The Hall–Kier alpha value is -2.96. The van der Waals surface area contributed by atoms with Crippen LogP contribution in [-0.2, 0) is 12.8 Å². The van der Waals surface area contributed by atoms with Crippen molar-refractivity contribution in [2.45, 2.75) is 47.0 Å². The summed E-state index contributed by atoms with van der Waals surface area (Å²) in [6.45, 7) is 8.59. The summed E-state index contributed by atoms with van der Waals surface area (Å²) in [6, 6.07) is 7.92. The second-order valence-corrected chi connectivity index (χ2v) is 8.20. The molecule has 0 unspecified atom stereocenters. The molecule has 2 aromatic heterocycles. The first kappa shape index (κ1) is 22.7. The second kappa shape index (κ2) is 9.45. The average Bonchev–Trinajstić information content (AvgIpc) is 3.25. The van der Waals surface area contributed by atoms with E-state index in [1.807, 2.05) is 31.2 Å². The molecule has 0 atom stereocenters. The van der Waals surface area contributed by atoms with E-state index in [0.717, 1.165) is 63.0 Å². The topological polar surface area (TPSA) is 124 Å². The Bertz CT molecular complexity index is 1200. The molecule has 0 amide bonds. The van der Waals surface area contributed by atoms with Gasteiger partial charge in [-0.25, -0.2) is 0 Å². The highest BCUT2D eigenvalue weighted by Gasteiger charge is 2.13. The maximum absolute atomic E-state index is 9.03. The first-order valence-corrected chi connectivity index (χ1v) is 10.7. The third-order valence-electron chi connectivity index (χ3n) is 5.97. The molecule has 0 aliphatic heterocycles. The van der Waals surface area contributed by atoms with Gasteiger partial charge in [-0.05, 0) is 81.3 Å². The van der Waals surface area contributed by atoms with Crippen molar-refractivity contribution < 1.29 is 10.2 Å². The maximum atomic E-state index is 9.03. The van der Waals surface area contributed by atoms with Crippen LogP contribution in [0.4, 0.5) is 11.4 Å². The first-order valence-electron chi connectivity index (χ1n) is 10.7. The quantitative estimate of drug-likeness (QED) is 0.270. The van der Waals surface area contributed by atoms with Gasteiger partial charge in [-0.15, -0.1) is 0 Å². The van der Waals surface area contributed by atoms with Gasteiger partial charge in [-0.1, -0.05) is 12.1 Å². The largest absolute Gasteiger partial charge is 0.398 e. The molecule has 6 heteroatoms. The molecule has 166 valence electrons. The summed E-state index contributed by atoms with van der Waals surface area (Å²) in [7, 11) is 0. The predicted molar refractivity (Wildman–Crippen MR) is 131 cm³/mol. The molecule has 0 aliphatic carbocycles. The van der Waals surface area contributed by atoms with Gasteiger partial charge in [-0.3, -0.25) is 0 Å². The van der Waals surface area contributed by atoms with Crippen LogP contribution in [0, 0.1) is 27.7 Å². The van der Waals surface area contributed by atoms with Crippen LogP contribution < -0.4 is 11.5 Å². The van der Waals surface area contributed by atoms with Crippen LogP contribution in [0.5, 0.6) is 0 Å². The monoisotopic (exact) mass is 422 g/mol. The van der Waals surface area contributed by atoms with E-state index in [9.17, 15) is 0 Å². The zero-order valence-corrected chi connectivity index (χ0v) is 18.9. The van der Waals surface area contributed by atoms with E-state index in [2.05, 4.69) is 30.7 Å². The van der Waals surface area contributed by atoms with Crippen LogP contribution in [0.2, 0.25) is 0 Å². The number of nitrogen functional groups attached to an aromatic ring is 2. The van der Waals surface area contributed by atoms with Gasteiger partial charge in [-0.2, -0.15) is 0 Å². The SMILES string of the molecule is Cc1[nH]c2c(C)ccc(N)c2c1CCCO.Cc1[nH]c2c(C)ccc(N)c2c1CCO. The number of aliphatic hydroxyl groups excluding tert-OH is 2. The van der Waals surface area contributed by atoms with Crippen LogP contribution in [-0.4, -0.2) is 33.4 Å². The Morgan fingerprint density at radius 1 is 0.677 bits per heavy atom. The molecular formula is C25H34N4O2. The Labute approximate surface area is 183 Å². The summed E-state index contributed by atoms with van der Waals surface area (Å²) in [6.07, 6.45) is 2.30. The van der Waals surface area contributed by atoms with E-state index in [0.29, 0.717) is 6.42 Å². The fourth-order valence-electron chi connectivity index (χ4n) is 4.31. The standard InChI is InChI=1S/C13H18N2O.C12H16N2O/c1-8-5-6-11(14)12-10(4-3-7-16)9(2)15-13(8)12;1-7-3-4-10(13)11-9(5-6-15)8(2)14-12(7)11/h5-6,15-16H,3-4,7,14H2,1-2H3;3-4,14-15H,5-6,13H2,1-2H3. The van der Waals surface area contributed by atoms with Crippen molar-refractivity contribution in [3.63, 3.8) is 0 Å². The van der Waals surface area contributed by atoms with Gasteiger partial charge in [0.2, 0.25) is 0 Å². The minimum absolute atomic E-state index is 0.154. The predicted octanol–water partition coefficient (Wildman–Crippen LogP) is 4.19. The zero-order chi connectivity index (χ0) is 22.7. The summed E-state index contributed by atoms with van der Waals surface area (Å²) in [5.41, 5.74) is 22.8. The van der Waals surface area contributed by atoms with Crippen LogP contribution >= 0.6 is 0 Å². The fourth-order valence-corrected chi connectivity index (χ4v) is 4.31. The minimum atomic E-state index is 0.154. The summed E-state index contributed by atoms with van der Waals surface area (Å²) in [5, 5.41) is 20.1. The lowest BCUT2D eigenvalue weighted by atomic mass is 10.0. The van der Waals surface area contributed by atoms with Gasteiger partial charge in [0.25, 0.3) is 0 Å². The van der Waals surface area contributed by atoms with Crippen molar-refractivity contribution in [1.29, 1.82) is 0 Å². The normalized spacial score (nSPS) is 11.2. The lowest BCUT2D eigenvalue weighted by molar-refractivity contribution is 0.288. The van der Waals surface area contributed by atoms with Gasteiger partial charge in [0.15, 0.2) is 0 Å². The number of hydrogen-bond acceptors (Lipinski definition) is 4. The lowest BCUT2D eigenvalue weighted by Gasteiger charge is -2.03. The molecule has 6 nitrogen and oxygen atoms in total. The lowest BCUT2D eigenvalue weighted by Crippen LogP contribution is -1.94. The molecule has 0 spiro atoms. The number of benzene rings is 2. The minimum Gasteiger partial charge on any atom is -0.398 e. The van der Waals surface area contributed by atoms with Crippen molar-refractivity contribution in [1.82, 2.24) is 9.97 Å². The van der Waals surface area contributed by atoms with Crippen LogP contribution in [0.25, 0.3) is 21.8 Å². The molecule has 8 N–H and O–H groups in total. The first-order chi connectivity index (χ1) is 14.8. The summed E-state index contributed by atoms with van der Waals surface area (Å²) in [5.74, 6) is 0. The molecule has 2 heterocycles. The number of nitrogens with two attached hydrogens (primary N) is 2. The van der Waals surface area contributed by atoms with E-state index in [4.69, 9.17) is 21.7 Å². The summed E-state index contributed by atoms with van der Waals surface area (Å²) < 4.78 is 0. The molecule has 2 aromatic carbocycles. The van der Waals surface area contributed by atoms with Crippen molar-refractivity contribution in [2.24, 2.45) is 0 Å².